The van der Waals surface area contributed by atoms with E-state index < -0.39 is 0 Å². The second kappa shape index (κ2) is 8.54. The van der Waals surface area contributed by atoms with Crippen LogP contribution in [0.5, 0.6) is 5.88 Å². The average Bonchev–Trinajstić information content (AvgIpc) is 3.12. The highest BCUT2D eigenvalue weighted by Crippen LogP contribution is 2.24. The van der Waals surface area contributed by atoms with Crippen molar-refractivity contribution in [2.24, 2.45) is 0 Å². The number of hydrogen-bond donors (Lipinski definition) is 2. The van der Waals surface area contributed by atoms with Crippen LogP contribution >= 0.6 is 0 Å². The summed E-state index contributed by atoms with van der Waals surface area (Å²) in [5.41, 5.74) is 4.66. The third-order valence-corrected chi connectivity index (χ3v) is 6.18. The molecule has 0 bridgehead atoms. The Bertz CT molecular complexity index is 1420. The summed E-state index contributed by atoms with van der Waals surface area (Å²) in [4.78, 5) is 26.5. The van der Waals surface area contributed by atoms with Crippen molar-refractivity contribution in [3.8, 4) is 11.6 Å². The third kappa shape index (κ3) is 3.70. The molecule has 10 nitrogen and oxygen atoms in total. The number of pyridine rings is 1. The van der Waals surface area contributed by atoms with Crippen LogP contribution in [-0.2, 0) is 24.2 Å². The van der Waals surface area contributed by atoms with E-state index >= 15 is 0 Å². The number of anilines is 2. The fraction of sp³-hybridized carbons (Fsp3) is 0.333. The molecule has 0 radical (unpaired) electrons. The monoisotopic (exact) mass is 459 g/mol. The molecule has 0 amide bonds. The molecule has 10 heteroatoms. The Hall–Kier alpha value is -3.76. The number of ether oxygens (including phenoxy) is 2. The minimum atomic E-state index is -0.143. The van der Waals surface area contributed by atoms with Gasteiger partial charge in [0, 0.05) is 37.2 Å². The third-order valence-electron chi connectivity index (χ3n) is 6.18. The molecule has 34 heavy (non-hydrogen) atoms. The molecule has 0 unspecified atom stereocenters. The maximum Gasteiger partial charge on any atom is 0.278 e. The molecule has 0 aliphatic carbocycles. The van der Waals surface area contributed by atoms with Gasteiger partial charge in [-0.3, -0.25) is 4.79 Å². The summed E-state index contributed by atoms with van der Waals surface area (Å²) < 4.78 is 14.5. The predicted octanol–water partition coefficient (Wildman–Crippen LogP) is 2.16. The molecule has 4 aromatic rings. The van der Waals surface area contributed by atoms with Crippen LogP contribution < -0.4 is 20.9 Å². The lowest BCUT2D eigenvalue weighted by molar-refractivity contribution is -0.0813. The van der Waals surface area contributed by atoms with Gasteiger partial charge in [0.2, 0.25) is 11.8 Å². The lowest BCUT2D eigenvalue weighted by Gasteiger charge is -2.26. The molecule has 174 valence electrons. The van der Waals surface area contributed by atoms with E-state index in [4.69, 9.17) is 14.5 Å². The second-order valence-electron chi connectivity index (χ2n) is 8.43. The minimum Gasteiger partial charge on any atom is -0.469 e. The topological polar surface area (TPSA) is 108 Å². The van der Waals surface area contributed by atoms with Gasteiger partial charge in [-0.05, 0) is 49.2 Å². The zero-order valence-electron chi connectivity index (χ0n) is 18.8. The van der Waals surface area contributed by atoms with Crippen LogP contribution in [0.3, 0.4) is 0 Å². The predicted molar refractivity (Wildman–Crippen MR) is 127 cm³/mol. The number of rotatable bonds is 6. The first kappa shape index (κ1) is 20.8. The minimum absolute atomic E-state index is 0.00229. The zero-order valence-corrected chi connectivity index (χ0v) is 18.8. The van der Waals surface area contributed by atoms with Gasteiger partial charge in [0.15, 0.2) is 5.65 Å². The highest BCUT2D eigenvalue weighted by molar-refractivity contribution is 5.77. The van der Waals surface area contributed by atoms with Crippen LogP contribution in [0.15, 0.2) is 47.5 Å². The van der Waals surface area contributed by atoms with E-state index in [9.17, 15) is 4.79 Å². The molecule has 6 rings (SSSR count). The van der Waals surface area contributed by atoms with Gasteiger partial charge in [0.1, 0.15) is 11.5 Å². The van der Waals surface area contributed by atoms with E-state index in [0.29, 0.717) is 42.6 Å². The molecule has 3 aromatic heterocycles. The first-order valence-corrected chi connectivity index (χ1v) is 11.5. The molecule has 0 saturated carbocycles. The fourth-order valence-electron chi connectivity index (χ4n) is 4.37. The van der Waals surface area contributed by atoms with Crippen molar-refractivity contribution in [2.45, 2.75) is 32.5 Å². The van der Waals surface area contributed by atoms with E-state index in [0.717, 1.165) is 30.9 Å². The summed E-state index contributed by atoms with van der Waals surface area (Å²) in [5, 5.41) is 7.15. The van der Waals surface area contributed by atoms with Gasteiger partial charge in [-0.1, -0.05) is 6.07 Å². The Morgan fingerprint density at radius 2 is 2.12 bits per heavy atom. The van der Waals surface area contributed by atoms with E-state index in [2.05, 4.69) is 32.7 Å². The standard InChI is InChI=1S/C24H25N7O3/c1-2-30-23(32)20-12-27-24(28-17-4-3-15-5-7-25-11-16(15)9-17)29-22(20)31(30)18-6-8-26-21(10-18)34-19-13-33-14-19/h3-4,6,8-10,12,19,25H,2,5,7,11,13-14H2,1H3,(H,27,28,29). The van der Waals surface area contributed by atoms with E-state index in [1.165, 1.54) is 11.1 Å². The Morgan fingerprint density at radius 3 is 2.94 bits per heavy atom. The first-order valence-electron chi connectivity index (χ1n) is 11.5. The number of fused-ring (bicyclic) bond motifs is 2. The molecule has 1 aromatic carbocycles. The summed E-state index contributed by atoms with van der Waals surface area (Å²) in [7, 11) is 0. The quantitative estimate of drug-likeness (QED) is 0.452. The molecular weight excluding hydrogens is 434 g/mol. The van der Waals surface area contributed by atoms with Crippen molar-refractivity contribution in [1.82, 2.24) is 29.6 Å². The van der Waals surface area contributed by atoms with Crippen LogP contribution in [-0.4, -0.2) is 50.2 Å². The van der Waals surface area contributed by atoms with Crippen molar-refractivity contribution in [1.29, 1.82) is 0 Å². The van der Waals surface area contributed by atoms with Crippen LogP contribution in [0, 0.1) is 0 Å². The van der Waals surface area contributed by atoms with Gasteiger partial charge in [-0.25, -0.2) is 19.3 Å². The van der Waals surface area contributed by atoms with Crippen LogP contribution in [0.4, 0.5) is 11.6 Å². The van der Waals surface area contributed by atoms with Gasteiger partial charge in [-0.15, -0.1) is 0 Å². The molecule has 2 N–H and O–H groups in total. The van der Waals surface area contributed by atoms with Crippen molar-refractivity contribution >= 4 is 22.7 Å². The molecular formula is C24H25N7O3. The summed E-state index contributed by atoms with van der Waals surface area (Å²) in [6, 6.07) is 9.96. The highest BCUT2D eigenvalue weighted by atomic mass is 16.6. The number of aromatic nitrogens is 5. The molecule has 2 aliphatic heterocycles. The Balaban J connectivity index is 1.39. The summed E-state index contributed by atoms with van der Waals surface area (Å²) >= 11 is 0. The molecule has 0 atom stereocenters. The molecule has 0 spiro atoms. The van der Waals surface area contributed by atoms with Crippen LogP contribution in [0.1, 0.15) is 18.1 Å². The lowest BCUT2D eigenvalue weighted by atomic mass is 10.0. The fourth-order valence-corrected chi connectivity index (χ4v) is 4.37. The molecule has 2 aliphatic rings. The lowest BCUT2D eigenvalue weighted by Crippen LogP contribution is -2.38. The van der Waals surface area contributed by atoms with Gasteiger partial charge in [0.05, 0.1) is 18.9 Å². The van der Waals surface area contributed by atoms with Crippen LogP contribution in [0.2, 0.25) is 0 Å². The van der Waals surface area contributed by atoms with Gasteiger partial charge < -0.3 is 20.1 Å². The van der Waals surface area contributed by atoms with Gasteiger partial charge in [0.25, 0.3) is 5.56 Å². The Morgan fingerprint density at radius 1 is 1.21 bits per heavy atom. The average molecular weight is 460 g/mol. The highest BCUT2D eigenvalue weighted by Gasteiger charge is 2.22. The van der Waals surface area contributed by atoms with E-state index in [1.807, 2.05) is 25.1 Å². The smallest absolute Gasteiger partial charge is 0.278 e. The number of nitrogens with zero attached hydrogens (tertiary/aromatic N) is 5. The van der Waals surface area contributed by atoms with Crippen molar-refractivity contribution in [3.63, 3.8) is 0 Å². The van der Waals surface area contributed by atoms with Crippen molar-refractivity contribution in [2.75, 3.05) is 25.1 Å². The summed E-state index contributed by atoms with van der Waals surface area (Å²) in [6.45, 7) is 5.36. The second-order valence-corrected chi connectivity index (χ2v) is 8.43. The number of hydrogen-bond acceptors (Lipinski definition) is 8. The molecule has 1 saturated heterocycles. The number of nitrogens with one attached hydrogen (secondary N) is 2. The van der Waals surface area contributed by atoms with Crippen LogP contribution in [0.25, 0.3) is 16.7 Å². The zero-order chi connectivity index (χ0) is 23.1. The summed E-state index contributed by atoms with van der Waals surface area (Å²) in [6.07, 6.45) is 4.28. The largest absolute Gasteiger partial charge is 0.469 e. The molecule has 1 fully saturated rings. The van der Waals surface area contributed by atoms with Crippen molar-refractivity contribution < 1.29 is 9.47 Å². The Kier molecular flexibility index (Phi) is 5.23. The van der Waals surface area contributed by atoms with Gasteiger partial charge >= 0.3 is 0 Å². The maximum absolute atomic E-state index is 13.1. The first-order chi connectivity index (χ1) is 16.7. The van der Waals surface area contributed by atoms with Gasteiger partial charge in [-0.2, -0.15) is 4.98 Å². The van der Waals surface area contributed by atoms with Crippen molar-refractivity contribution in [3.05, 3.63) is 64.2 Å². The summed E-state index contributed by atoms with van der Waals surface area (Å²) in [5.74, 6) is 0.910. The molecule has 5 heterocycles. The Labute approximate surface area is 195 Å². The SMILES string of the molecule is CCn1c(=O)c2cnc(Nc3ccc4c(c3)CNCC4)nc2n1-c1ccnc(OC2COC2)c1. The normalized spacial score (nSPS) is 15.7. The maximum atomic E-state index is 13.1. The van der Waals surface area contributed by atoms with E-state index in [1.54, 1.807) is 21.8 Å². The van der Waals surface area contributed by atoms with E-state index in [-0.39, 0.29) is 11.7 Å². The number of benzene rings is 1.